The van der Waals surface area contributed by atoms with Gasteiger partial charge in [-0.05, 0) is 50.5 Å². The lowest BCUT2D eigenvalue weighted by molar-refractivity contribution is -0.151. The maximum absolute atomic E-state index is 13.1. The molecule has 0 spiro atoms. The quantitative estimate of drug-likeness (QED) is 0.544. The van der Waals surface area contributed by atoms with Gasteiger partial charge in [0.25, 0.3) is 0 Å². The first-order valence-electron chi connectivity index (χ1n) is 10.8. The average molecular weight is 440 g/mol. The predicted molar refractivity (Wildman–Crippen MR) is 116 cm³/mol. The third-order valence-electron chi connectivity index (χ3n) is 5.82. The van der Waals surface area contributed by atoms with Gasteiger partial charge in [0.05, 0.1) is 17.6 Å². The number of benzene rings is 2. The molecule has 2 N–H and O–H groups in total. The summed E-state index contributed by atoms with van der Waals surface area (Å²) >= 11 is 0. The molecule has 5 atom stereocenters. The van der Waals surface area contributed by atoms with Gasteiger partial charge in [-0.3, -0.25) is 4.79 Å². The molecule has 1 fully saturated rings. The van der Waals surface area contributed by atoms with Crippen molar-refractivity contribution in [3.8, 4) is 5.75 Å². The second-order valence-electron chi connectivity index (χ2n) is 8.11. The van der Waals surface area contributed by atoms with Crippen LogP contribution in [0, 0.1) is 11.8 Å². The summed E-state index contributed by atoms with van der Waals surface area (Å²) in [6.07, 6.45) is -1.56. The number of carboxylic acids is 1. The molecular formula is C25H28O7. The first kappa shape index (κ1) is 23.5. The van der Waals surface area contributed by atoms with Gasteiger partial charge < -0.3 is 19.7 Å². The van der Waals surface area contributed by atoms with E-state index in [9.17, 15) is 24.6 Å². The van der Waals surface area contributed by atoms with Crippen LogP contribution in [0.5, 0.6) is 5.75 Å². The van der Waals surface area contributed by atoms with Crippen LogP contribution in [0.2, 0.25) is 0 Å². The van der Waals surface area contributed by atoms with E-state index in [4.69, 9.17) is 9.47 Å². The topological polar surface area (TPSA) is 110 Å². The van der Waals surface area contributed by atoms with Gasteiger partial charge in [-0.15, -0.1) is 0 Å². The highest BCUT2D eigenvalue weighted by Crippen LogP contribution is 2.38. The number of aliphatic hydroxyl groups is 1. The molecular weight excluding hydrogens is 412 g/mol. The molecule has 1 aliphatic carbocycles. The number of esters is 1. The maximum atomic E-state index is 13.1. The third kappa shape index (κ3) is 5.95. The number of aliphatic carboxylic acids is 1. The number of ether oxygens (including phenoxy) is 2. The molecule has 0 amide bonds. The maximum Gasteiger partial charge on any atom is 0.338 e. The Bertz CT molecular complexity index is 912. The first-order chi connectivity index (χ1) is 15.4. The zero-order valence-electron chi connectivity index (χ0n) is 17.9. The van der Waals surface area contributed by atoms with Crippen LogP contribution >= 0.6 is 0 Å². The second-order valence-corrected chi connectivity index (χ2v) is 8.11. The molecule has 7 nitrogen and oxygen atoms in total. The molecule has 32 heavy (non-hydrogen) atoms. The number of carboxylic acid groups (broad SMARTS) is 1. The lowest BCUT2D eigenvalue weighted by Gasteiger charge is -2.26. The Morgan fingerprint density at radius 1 is 1.00 bits per heavy atom. The summed E-state index contributed by atoms with van der Waals surface area (Å²) < 4.78 is 11.4. The minimum atomic E-state index is -1.69. The summed E-state index contributed by atoms with van der Waals surface area (Å²) in [7, 11) is 0. The van der Waals surface area contributed by atoms with Gasteiger partial charge in [-0.25, -0.2) is 9.59 Å². The average Bonchev–Trinajstić information content (AvgIpc) is 3.21. The Labute approximate surface area is 187 Å². The van der Waals surface area contributed by atoms with E-state index >= 15 is 0 Å². The van der Waals surface area contributed by atoms with Gasteiger partial charge in [0.2, 0.25) is 0 Å². The molecule has 0 radical (unpaired) electrons. The minimum Gasteiger partial charge on any atom is -0.491 e. The number of ketones is 1. The standard InChI is InChI=1S/C25H28O7/c1-16(31-18-10-6-3-7-11-18)12-14-20(26)22-19(23(27)24(28)29)13-15-21(22)32-25(30)17-8-4-2-5-9-17/h2-11,16,19,21-23,27H,12-15H2,1H3,(H,28,29)/t16?,19-,21+,22+,23?/m1/s1. The van der Waals surface area contributed by atoms with E-state index in [1.165, 1.54) is 0 Å². The first-order valence-corrected chi connectivity index (χ1v) is 10.8. The predicted octanol–water partition coefficient (Wildman–Crippen LogP) is 3.50. The summed E-state index contributed by atoms with van der Waals surface area (Å²) in [6.45, 7) is 1.85. The molecule has 2 unspecified atom stereocenters. The number of Topliss-reactive ketones (excluding diaryl/α,β-unsaturated/α-hetero) is 1. The molecule has 1 saturated carbocycles. The van der Waals surface area contributed by atoms with Gasteiger partial charge >= 0.3 is 11.9 Å². The van der Waals surface area contributed by atoms with Crippen LogP contribution in [0.4, 0.5) is 0 Å². The molecule has 2 aromatic carbocycles. The van der Waals surface area contributed by atoms with Gasteiger partial charge in [-0.1, -0.05) is 36.4 Å². The molecule has 7 heteroatoms. The molecule has 0 heterocycles. The zero-order chi connectivity index (χ0) is 23.1. The van der Waals surface area contributed by atoms with E-state index in [0.717, 1.165) is 0 Å². The number of carbonyl (C=O) groups excluding carboxylic acids is 2. The fraction of sp³-hybridized carbons (Fsp3) is 0.400. The molecule has 3 rings (SSSR count). The normalized spacial score (nSPS) is 22.0. The van der Waals surface area contributed by atoms with Crippen molar-refractivity contribution in [2.45, 2.75) is 50.9 Å². The second kappa shape index (κ2) is 10.9. The summed E-state index contributed by atoms with van der Waals surface area (Å²) in [5, 5.41) is 19.5. The van der Waals surface area contributed by atoms with E-state index in [1.54, 1.807) is 30.3 Å². The molecule has 0 saturated heterocycles. The summed E-state index contributed by atoms with van der Waals surface area (Å²) in [6, 6.07) is 17.7. The van der Waals surface area contributed by atoms with Crippen LogP contribution in [0.3, 0.4) is 0 Å². The van der Waals surface area contributed by atoms with Gasteiger partial charge in [0.15, 0.2) is 6.10 Å². The molecule has 0 bridgehead atoms. The Kier molecular flexibility index (Phi) is 8.00. The van der Waals surface area contributed by atoms with E-state index < -0.39 is 36.0 Å². The van der Waals surface area contributed by atoms with Crippen LogP contribution in [0.15, 0.2) is 60.7 Å². The fourth-order valence-corrected chi connectivity index (χ4v) is 4.19. The van der Waals surface area contributed by atoms with E-state index in [2.05, 4.69) is 0 Å². The van der Waals surface area contributed by atoms with Gasteiger partial charge in [-0.2, -0.15) is 0 Å². The highest BCUT2D eigenvalue weighted by Gasteiger charge is 2.47. The van der Waals surface area contributed by atoms with Crippen molar-refractivity contribution in [1.82, 2.24) is 0 Å². The molecule has 1 aliphatic rings. The number of hydrogen-bond donors (Lipinski definition) is 2. The van der Waals surface area contributed by atoms with E-state index in [-0.39, 0.29) is 24.7 Å². The van der Waals surface area contributed by atoms with Gasteiger partial charge in [0.1, 0.15) is 17.6 Å². The summed E-state index contributed by atoms with van der Waals surface area (Å²) in [4.78, 5) is 37.0. The van der Waals surface area contributed by atoms with Crippen LogP contribution in [-0.4, -0.2) is 46.2 Å². The largest absolute Gasteiger partial charge is 0.491 e. The number of hydrogen-bond acceptors (Lipinski definition) is 6. The van der Waals surface area contributed by atoms with Crippen molar-refractivity contribution >= 4 is 17.7 Å². The molecule has 0 aromatic heterocycles. The third-order valence-corrected chi connectivity index (χ3v) is 5.82. The van der Waals surface area contributed by atoms with Crippen molar-refractivity contribution in [2.24, 2.45) is 11.8 Å². The lowest BCUT2D eigenvalue weighted by Crippen LogP contribution is -2.39. The van der Waals surface area contributed by atoms with E-state index in [1.807, 2.05) is 37.3 Å². The van der Waals surface area contributed by atoms with Crippen LogP contribution in [0.1, 0.15) is 43.0 Å². The van der Waals surface area contributed by atoms with Crippen molar-refractivity contribution < 1.29 is 34.1 Å². The monoisotopic (exact) mass is 440 g/mol. The highest BCUT2D eigenvalue weighted by molar-refractivity contribution is 5.90. The molecule has 170 valence electrons. The highest BCUT2D eigenvalue weighted by atomic mass is 16.5. The molecule has 2 aromatic rings. The number of aliphatic hydroxyl groups excluding tert-OH is 1. The Balaban J connectivity index is 1.67. The lowest BCUT2D eigenvalue weighted by atomic mass is 9.84. The van der Waals surface area contributed by atoms with Crippen molar-refractivity contribution in [1.29, 1.82) is 0 Å². The minimum absolute atomic E-state index is 0.126. The molecule has 0 aliphatic heterocycles. The number of carbonyl (C=O) groups is 3. The van der Waals surface area contributed by atoms with E-state index in [0.29, 0.717) is 24.2 Å². The summed E-state index contributed by atoms with van der Waals surface area (Å²) in [5.41, 5.74) is 0.353. The van der Waals surface area contributed by atoms with Gasteiger partial charge in [0, 0.05) is 12.3 Å². The van der Waals surface area contributed by atoms with Crippen molar-refractivity contribution in [3.63, 3.8) is 0 Å². The van der Waals surface area contributed by atoms with Crippen LogP contribution < -0.4 is 4.74 Å². The van der Waals surface area contributed by atoms with Crippen LogP contribution in [0.25, 0.3) is 0 Å². The Hall–Kier alpha value is -3.19. The number of para-hydroxylation sites is 1. The zero-order valence-corrected chi connectivity index (χ0v) is 17.9. The van der Waals surface area contributed by atoms with Crippen LogP contribution in [-0.2, 0) is 14.3 Å². The Morgan fingerprint density at radius 3 is 2.25 bits per heavy atom. The Morgan fingerprint density at radius 2 is 1.62 bits per heavy atom. The smallest absolute Gasteiger partial charge is 0.338 e. The van der Waals surface area contributed by atoms with Crippen molar-refractivity contribution in [2.75, 3.05) is 0 Å². The fourth-order valence-electron chi connectivity index (χ4n) is 4.19. The van der Waals surface area contributed by atoms with Crippen molar-refractivity contribution in [3.05, 3.63) is 66.2 Å². The number of rotatable bonds is 10. The summed E-state index contributed by atoms with van der Waals surface area (Å²) in [5.74, 6) is -3.18. The SMILES string of the molecule is CC(CCC(=O)[C@H]1[C@@H](OC(=O)c2ccccc2)CC[C@H]1C(O)C(=O)O)Oc1ccccc1.